The summed E-state index contributed by atoms with van der Waals surface area (Å²) in [5, 5.41) is 7.51. The second-order valence-electron chi connectivity index (χ2n) is 5.42. The lowest BCUT2D eigenvalue weighted by molar-refractivity contribution is 1.09. The van der Waals surface area contributed by atoms with Gasteiger partial charge in [0.15, 0.2) is 0 Å². The first-order valence-electron chi connectivity index (χ1n) is 7.34. The molecule has 114 valence electrons. The van der Waals surface area contributed by atoms with Crippen molar-refractivity contribution in [2.75, 3.05) is 0 Å². The summed E-state index contributed by atoms with van der Waals surface area (Å²) < 4.78 is 0. The fraction of sp³-hybridized carbons (Fsp3) is 0.111. The highest BCUT2D eigenvalue weighted by molar-refractivity contribution is 7.15. The molecule has 0 atom stereocenters. The minimum Gasteiger partial charge on any atom is -0.276 e. The van der Waals surface area contributed by atoms with Crippen molar-refractivity contribution in [1.29, 1.82) is 0 Å². The summed E-state index contributed by atoms with van der Waals surface area (Å²) in [5.74, 6) is 0. The van der Waals surface area contributed by atoms with Crippen molar-refractivity contribution in [2.24, 2.45) is 0 Å². The van der Waals surface area contributed by atoms with Gasteiger partial charge in [-0.15, -0.1) is 22.7 Å². The Kier molecular flexibility index (Phi) is 3.59. The van der Waals surface area contributed by atoms with Crippen LogP contribution in [0.25, 0.3) is 32.4 Å². The van der Waals surface area contributed by atoms with Gasteiger partial charge < -0.3 is 0 Å². The molecule has 0 saturated carbocycles. The topological polar surface area (TPSA) is 41.6 Å². The third kappa shape index (κ3) is 2.85. The zero-order valence-electron chi connectivity index (χ0n) is 12.8. The average Bonchev–Trinajstić information content (AvgIpc) is 3.28. The van der Waals surface area contributed by atoms with E-state index in [4.69, 9.17) is 0 Å². The van der Waals surface area contributed by atoms with Crippen LogP contribution in [0, 0.1) is 13.8 Å². The van der Waals surface area contributed by atoms with E-state index in [1.165, 1.54) is 19.5 Å². The van der Waals surface area contributed by atoms with Crippen LogP contribution in [0.5, 0.6) is 0 Å². The summed E-state index contributed by atoms with van der Waals surface area (Å²) in [7, 11) is 0. The molecule has 3 nitrogen and oxygen atoms in total. The second kappa shape index (κ2) is 5.76. The molecule has 0 amide bonds. The molecule has 4 aromatic heterocycles. The summed E-state index contributed by atoms with van der Waals surface area (Å²) in [6, 6.07) is 14.7. The summed E-state index contributed by atoms with van der Waals surface area (Å²) in [4.78, 5) is 9.63. The Morgan fingerprint density at radius 1 is 0.826 bits per heavy atom. The molecule has 4 heterocycles. The molecule has 0 fully saturated rings. The molecule has 0 unspecified atom stereocenters. The van der Waals surface area contributed by atoms with Gasteiger partial charge in [-0.25, -0.2) is 0 Å². The fourth-order valence-corrected chi connectivity index (χ4v) is 4.13. The third-order valence-corrected chi connectivity index (χ3v) is 5.72. The van der Waals surface area contributed by atoms with Gasteiger partial charge in [0.1, 0.15) is 5.69 Å². The third-order valence-electron chi connectivity index (χ3n) is 3.63. The average molecular weight is 337 g/mol. The van der Waals surface area contributed by atoms with Crippen LogP contribution < -0.4 is 0 Å². The zero-order chi connectivity index (χ0) is 15.8. The largest absolute Gasteiger partial charge is 0.276 e. The number of thiophene rings is 2. The minimum atomic E-state index is 0.875. The van der Waals surface area contributed by atoms with E-state index in [0.29, 0.717) is 0 Å². The first kappa shape index (κ1) is 14.4. The Labute approximate surface area is 142 Å². The standard InChI is InChI=1S/C18H15N3S2/c1-11-3-7-17(22-11)13-5-6-14(19-10-13)15-9-16(21-20-15)18-8-4-12(2)23-18/h3-10H,1-2H3,(H,20,21). The molecule has 0 aromatic carbocycles. The van der Waals surface area contributed by atoms with Gasteiger partial charge in [0, 0.05) is 26.4 Å². The van der Waals surface area contributed by atoms with E-state index in [9.17, 15) is 0 Å². The number of H-pyrrole nitrogens is 1. The summed E-state index contributed by atoms with van der Waals surface area (Å²) in [5.41, 5.74) is 3.95. The number of nitrogens with one attached hydrogen (secondary N) is 1. The van der Waals surface area contributed by atoms with Crippen LogP contribution in [0.15, 0.2) is 48.7 Å². The lowest BCUT2D eigenvalue weighted by Gasteiger charge is -1.99. The van der Waals surface area contributed by atoms with Crippen LogP contribution in [-0.4, -0.2) is 15.2 Å². The first-order valence-corrected chi connectivity index (χ1v) is 8.98. The highest BCUT2D eigenvalue weighted by atomic mass is 32.1. The van der Waals surface area contributed by atoms with Crippen LogP contribution >= 0.6 is 22.7 Å². The maximum Gasteiger partial charge on any atom is 0.111 e. The highest BCUT2D eigenvalue weighted by Gasteiger charge is 2.09. The fourth-order valence-electron chi connectivity index (χ4n) is 2.44. The maximum atomic E-state index is 4.57. The number of nitrogens with zero attached hydrogens (tertiary/aromatic N) is 2. The van der Waals surface area contributed by atoms with Crippen LogP contribution in [0.4, 0.5) is 0 Å². The highest BCUT2D eigenvalue weighted by Crippen LogP contribution is 2.30. The summed E-state index contributed by atoms with van der Waals surface area (Å²) in [6.45, 7) is 4.23. The van der Waals surface area contributed by atoms with Crippen LogP contribution in [0.1, 0.15) is 9.75 Å². The van der Waals surface area contributed by atoms with Crippen molar-refractivity contribution in [3.8, 4) is 32.4 Å². The SMILES string of the molecule is Cc1ccc(-c2ccc(-c3cc(-c4ccc(C)s4)[nH]n3)nc2)s1. The van der Waals surface area contributed by atoms with E-state index < -0.39 is 0 Å². The first-order chi connectivity index (χ1) is 11.2. The van der Waals surface area contributed by atoms with Gasteiger partial charge in [-0.1, -0.05) is 0 Å². The van der Waals surface area contributed by atoms with Crippen molar-refractivity contribution in [1.82, 2.24) is 15.2 Å². The molecule has 23 heavy (non-hydrogen) atoms. The Morgan fingerprint density at radius 3 is 2.17 bits per heavy atom. The monoisotopic (exact) mass is 337 g/mol. The number of aromatic nitrogens is 3. The summed E-state index contributed by atoms with van der Waals surface area (Å²) >= 11 is 3.55. The number of pyridine rings is 1. The van der Waals surface area contributed by atoms with E-state index in [0.717, 1.165) is 22.6 Å². The van der Waals surface area contributed by atoms with Crippen LogP contribution in [-0.2, 0) is 0 Å². The van der Waals surface area contributed by atoms with Crippen molar-refractivity contribution < 1.29 is 0 Å². The predicted molar refractivity (Wildman–Crippen MR) is 97.9 cm³/mol. The molecule has 5 heteroatoms. The van der Waals surface area contributed by atoms with Crippen LogP contribution in [0.3, 0.4) is 0 Å². The minimum absolute atomic E-state index is 0.875. The van der Waals surface area contributed by atoms with Gasteiger partial charge in [0.25, 0.3) is 0 Å². The maximum absolute atomic E-state index is 4.57. The normalized spacial score (nSPS) is 11.0. The predicted octanol–water partition coefficient (Wildman–Crippen LogP) is 5.55. The van der Waals surface area contributed by atoms with Gasteiger partial charge in [-0.3, -0.25) is 10.1 Å². The number of aromatic amines is 1. The quantitative estimate of drug-likeness (QED) is 0.533. The van der Waals surface area contributed by atoms with Gasteiger partial charge in [-0.05, 0) is 56.3 Å². The molecule has 4 aromatic rings. The van der Waals surface area contributed by atoms with E-state index in [-0.39, 0.29) is 0 Å². The van der Waals surface area contributed by atoms with Crippen LogP contribution in [0.2, 0.25) is 0 Å². The molecule has 4 rings (SSSR count). The van der Waals surface area contributed by atoms with Crippen molar-refractivity contribution in [3.05, 3.63) is 58.4 Å². The van der Waals surface area contributed by atoms with E-state index in [2.05, 4.69) is 65.4 Å². The Balaban J connectivity index is 1.62. The summed E-state index contributed by atoms with van der Waals surface area (Å²) in [6.07, 6.45) is 1.92. The lowest BCUT2D eigenvalue weighted by atomic mass is 10.2. The molecule has 0 spiro atoms. The second-order valence-corrected chi connectivity index (χ2v) is 8.00. The van der Waals surface area contributed by atoms with Gasteiger partial charge in [0.05, 0.1) is 16.3 Å². The molecule has 0 saturated heterocycles. The molecular weight excluding hydrogens is 322 g/mol. The smallest absolute Gasteiger partial charge is 0.111 e. The number of hydrogen-bond acceptors (Lipinski definition) is 4. The molecular formula is C18H15N3S2. The van der Waals surface area contributed by atoms with Gasteiger partial charge in [0.2, 0.25) is 0 Å². The number of aryl methyl sites for hydroxylation is 2. The lowest BCUT2D eigenvalue weighted by Crippen LogP contribution is -1.84. The zero-order valence-corrected chi connectivity index (χ0v) is 14.5. The van der Waals surface area contributed by atoms with Crippen molar-refractivity contribution in [2.45, 2.75) is 13.8 Å². The molecule has 0 bridgehead atoms. The molecule has 0 aliphatic heterocycles. The number of hydrogen-bond donors (Lipinski definition) is 1. The van der Waals surface area contributed by atoms with Crippen molar-refractivity contribution in [3.63, 3.8) is 0 Å². The molecule has 0 radical (unpaired) electrons. The number of rotatable bonds is 3. The van der Waals surface area contributed by atoms with E-state index in [1.807, 2.05) is 12.3 Å². The van der Waals surface area contributed by atoms with Crippen molar-refractivity contribution >= 4 is 22.7 Å². The van der Waals surface area contributed by atoms with E-state index >= 15 is 0 Å². The molecule has 1 N–H and O–H groups in total. The van der Waals surface area contributed by atoms with Gasteiger partial charge >= 0.3 is 0 Å². The van der Waals surface area contributed by atoms with E-state index in [1.54, 1.807) is 22.7 Å². The Morgan fingerprint density at radius 2 is 1.57 bits per heavy atom. The Hall–Kier alpha value is -2.24. The molecule has 0 aliphatic carbocycles. The Bertz CT molecular complexity index is 945. The van der Waals surface area contributed by atoms with Gasteiger partial charge in [-0.2, -0.15) is 5.10 Å². The molecule has 0 aliphatic rings.